The van der Waals surface area contributed by atoms with Crippen LogP contribution in [0.2, 0.25) is 0 Å². The highest BCUT2D eigenvalue weighted by molar-refractivity contribution is 7.98. The second-order valence-electron chi connectivity index (χ2n) is 7.40. The van der Waals surface area contributed by atoms with Gasteiger partial charge in [0.25, 0.3) is 5.91 Å². The van der Waals surface area contributed by atoms with Crippen molar-refractivity contribution in [1.29, 1.82) is 5.26 Å². The van der Waals surface area contributed by atoms with Crippen LogP contribution in [0.15, 0.2) is 65.7 Å². The number of nitriles is 1. The standard InChI is InChI=1S/C26H23N3O4S/c1-31-24-12-17(15-27)6-7-23(24)33-26-22(13-19(16-28-26)18-8-10-32-11-9-18)25(30)29-20-4-3-5-21(14-20)34-2/h3-8,12-14,16H,9-11H2,1-2H3,(H,29,30). The molecule has 0 atom stereocenters. The van der Waals surface area contributed by atoms with E-state index in [4.69, 9.17) is 19.5 Å². The van der Waals surface area contributed by atoms with Crippen LogP contribution >= 0.6 is 11.8 Å². The molecule has 7 nitrogen and oxygen atoms in total. The Morgan fingerprint density at radius 2 is 2.09 bits per heavy atom. The van der Waals surface area contributed by atoms with E-state index in [2.05, 4.69) is 16.4 Å². The van der Waals surface area contributed by atoms with Crippen LogP contribution in [0.4, 0.5) is 5.69 Å². The van der Waals surface area contributed by atoms with Gasteiger partial charge in [0.05, 0.1) is 32.0 Å². The number of amides is 1. The summed E-state index contributed by atoms with van der Waals surface area (Å²) in [5.41, 5.74) is 3.30. The normalized spacial score (nSPS) is 12.9. The van der Waals surface area contributed by atoms with Crippen LogP contribution in [-0.4, -0.2) is 37.5 Å². The zero-order valence-corrected chi connectivity index (χ0v) is 19.6. The summed E-state index contributed by atoms with van der Waals surface area (Å²) in [4.78, 5) is 18.9. The highest BCUT2D eigenvalue weighted by atomic mass is 32.2. The van der Waals surface area contributed by atoms with Crippen LogP contribution in [0.1, 0.15) is 27.9 Å². The second-order valence-corrected chi connectivity index (χ2v) is 8.28. The summed E-state index contributed by atoms with van der Waals surface area (Å²) in [6.45, 7) is 1.15. The van der Waals surface area contributed by atoms with Crippen LogP contribution in [-0.2, 0) is 4.74 Å². The monoisotopic (exact) mass is 473 g/mol. The van der Waals surface area contributed by atoms with E-state index >= 15 is 0 Å². The number of thioether (sulfide) groups is 1. The maximum absolute atomic E-state index is 13.4. The van der Waals surface area contributed by atoms with E-state index < -0.39 is 0 Å². The van der Waals surface area contributed by atoms with Crippen molar-refractivity contribution in [3.05, 3.63) is 77.5 Å². The number of methoxy groups -OCH3 is 1. The number of hydrogen-bond donors (Lipinski definition) is 1. The molecule has 0 saturated carbocycles. The third-order valence-electron chi connectivity index (χ3n) is 5.26. The number of ether oxygens (including phenoxy) is 3. The smallest absolute Gasteiger partial charge is 0.261 e. The molecule has 8 heteroatoms. The molecule has 0 aliphatic carbocycles. The largest absolute Gasteiger partial charge is 0.493 e. The Labute approximate surface area is 202 Å². The number of pyridine rings is 1. The van der Waals surface area contributed by atoms with E-state index in [-0.39, 0.29) is 17.4 Å². The van der Waals surface area contributed by atoms with Crippen LogP contribution < -0.4 is 14.8 Å². The van der Waals surface area contributed by atoms with Gasteiger partial charge in [-0.05, 0) is 60.2 Å². The van der Waals surface area contributed by atoms with Crippen LogP contribution in [0.3, 0.4) is 0 Å². The van der Waals surface area contributed by atoms with Crippen molar-refractivity contribution in [3.8, 4) is 23.4 Å². The topological polar surface area (TPSA) is 93.5 Å². The molecule has 1 amide bonds. The van der Waals surface area contributed by atoms with Gasteiger partial charge in [0, 0.05) is 22.8 Å². The molecule has 1 aliphatic heterocycles. The molecule has 1 aliphatic rings. The average Bonchev–Trinajstić information content (AvgIpc) is 2.89. The summed E-state index contributed by atoms with van der Waals surface area (Å²) in [5, 5.41) is 12.1. The van der Waals surface area contributed by atoms with E-state index in [1.54, 1.807) is 42.2 Å². The van der Waals surface area contributed by atoms with Gasteiger partial charge in [-0.15, -0.1) is 11.8 Å². The molecule has 172 valence electrons. The van der Waals surface area contributed by atoms with Crippen molar-refractivity contribution in [1.82, 2.24) is 4.98 Å². The summed E-state index contributed by atoms with van der Waals surface area (Å²) < 4.78 is 16.8. The summed E-state index contributed by atoms with van der Waals surface area (Å²) in [7, 11) is 1.49. The highest BCUT2D eigenvalue weighted by Crippen LogP contribution is 2.34. The number of hydrogen-bond acceptors (Lipinski definition) is 7. The molecule has 2 aromatic carbocycles. The van der Waals surface area contributed by atoms with Gasteiger partial charge >= 0.3 is 0 Å². The summed E-state index contributed by atoms with van der Waals surface area (Å²) >= 11 is 1.59. The number of nitrogens with zero attached hydrogens (tertiary/aromatic N) is 2. The van der Waals surface area contributed by atoms with Crippen molar-refractivity contribution in [2.45, 2.75) is 11.3 Å². The van der Waals surface area contributed by atoms with Gasteiger partial charge in [-0.1, -0.05) is 12.1 Å². The predicted molar refractivity (Wildman–Crippen MR) is 132 cm³/mol. The van der Waals surface area contributed by atoms with Crippen molar-refractivity contribution in [2.75, 3.05) is 31.9 Å². The summed E-state index contributed by atoms with van der Waals surface area (Å²) in [6, 6.07) is 16.3. The first-order valence-corrected chi connectivity index (χ1v) is 11.8. The number of rotatable bonds is 7. The lowest BCUT2D eigenvalue weighted by Gasteiger charge is -2.17. The molecular weight excluding hydrogens is 450 g/mol. The molecule has 1 aromatic heterocycles. The third-order valence-corrected chi connectivity index (χ3v) is 5.98. The SMILES string of the molecule is COc1cc(C#N)ccc1Oc1ncc(C2=CCOCC2)cc1C(=O)Nc1cccc(SC)c1. The van der Waals surface area contributed by atoms with E-state index in [1.165, 1.54) is 7.11 Å². The van der Waals surface area contributed by atoms with Crippen molar-refractivity contribution >= 4 is 28.9 Å². The van der Waals surface area contributed by atoms with E-state index in [9.17, 15) is 4.79 Å². The molecule has 0 spiro atoms. The number of anilines is 1. The lowest BCUT2D eigenvalue weighted by molar-refractivity contribution is 0.102. The molecule has 3 aromatic rings. The Kier molecular flexibility index (Phi) is 7.48. The minimum absolute atomic E-state index is 0.137. The van der Waals surface area contributed by atoms with Crippen LogP contribution in [0, 0.1) is 11.3 Å². The number of carbonyl (C=O) groups is 1. The number of benzene rings is 2. The number of nitrogens with one attached hydrogen (secondary N) is 1. The molecule has 0 radical (unpaired) electrons. The molecular formula is C26H23N3O4S. The fourth-order valence-corrected chi connectivity index (χ4v) is 3.95. The quantitative estimate of drug-likeness (QED) is 0.451. The van der Waals surface area contributed by atoms with E-state index in [0.717, 1.165) is 22.5 Å². The van der Waals surface area contributed by atoms with Gasteiger partial charge in [0.2, 0.25) is 5.88 Å². The Morgan fingerprint density at radius 3 is 2.82 bits per heavy atom. The van der Waals surface area contributed by atoms with Gasteiger partial charge in [-0.2, -0.15) is 5.26 Å². The van der Waals surface area contributed by atoms with Gasteiger partial charge in [0.1, 0.15) is 5.56 Å². The fraction of sp³-hybridized carbons (Fsp3) is 0.192. The molecule has 0 saturated heterocycles. The Hall–Kier alpha value is -3.80. The molecule has 34 heavy (non-hydrogen) atoms. The highest BCUT2D eigenvalue weighted by Gasteiger charge is 2.20. The van der Waals surface area contributed by atoms with Crippen molar-refractivity contribution < 1.29 is 19.0 Å². The second kappa shape index (κ2) is 10.9. The fourth-order valence-electron chi connectivity index (χ4n) is 3.49. The molecule has 1 N–H and O–H groups in total. The summed E-state index contributed by atoms with van der Waals surface area (Å²) in [5.74, 6) is 0.516. The first-order chi connectivity index (χ1) is 16.6. The van der Waals surface area contributed by atoms with Gasteiger partial charge in [-0.3, -0.25) is 4.79 Å². The van der Waals surface area contributed by atoms with Gasteiger partial charge in [0.15, 0.2) is 11.5 Å². The minimum atomic E-state index is -0.345. The minimum Gasteiger partial charge on any atom is -0.493 e. The molecule has 4 rings (SSSR count). The van der Waals surface area contributed by atoms with Crippen LogP contribution in [0.25, 0.3) is 5.57 Å². The maximum atomic E-state index is 13.4. The molecule has 0 unspecified atom stereocenters. The molecule has 0 bridgehead atoms. The molecule has 0 fully saturated rings. The van der Waals surface area contributed by atoms with Gasteiger partial charge in [-0.25, -0.2) is 4.98 Å². The van der Waals surface area contributed by atoms with E-state index in [0.29, 0.717) is 36.0 Å². The predicted octanol–water partition coefficient (Wildman–Crippen LogP) is 5.53. The first kappa shape index (κ1) is 23.4. The lowest BCUT2D eigenvalue weighted by Crippen LogP contribution is -2.15. The van der Waals surface area contributed by atoms with Crippen molar-refractivity contribution in [2.24, 2.45) is 0 Å². The van der Waals surface area contributed by atoms with Crippen LogP contribution in [0.5, 0.6) is 17.4 Å². The average molecular weight is 474 g/mol. The molecule has 2 heterocycles. The van der Waals surface area contributed by atoms with Crippen molar-refractivity contribution in [3.63, 3.8) is 0 Å². The zero-order chi connectivity index (χ0) is 23.9. The van der Waals surface area contributed by atoms with Gasteiger partial charge < -0.3 is 19.5 Å². The maximum Gasteiger partial charge on any atom is 0.261 e. The van der Waals surface area contributed by atoms with E-state index in [1.807, 2.05) is 36.6 Å². The number of aromatic nitrogens is 1. The Bertz CT molecular complexity index is 1280. The Morgan fingerprint density at radius 1 is 1.21 bits per heavy atom. The zero-order valence-electron chi connectivity index (χ0n) is 18.8. The first-order valence-electron chi connectivity index (χ1n) is 10.6. The lowest BCUT2D eigenvalue weighted by atomic mass is 10.0. The number of carbonyl (C=O) groups excluding carboxylic acids is 1. The third kappa shape index (κ3) is 5.39. The Balaban J connectivity index is 1.71. The summed E-state index contributed by atoms with van der Waals surface area (Å²) in [6.07, 6.45) is 6.40.